The molecule has 2 rings (SSSR count). The van der Waals surface area contributed by atoms with E-state index in [2.05, 4.69) is 27.3 Å². The second kappa shape index (κ2) is 4.76. The van der Waals surface area contributed by atoms with E-state index < -0.39 is 0 Å². The lowest BCUT2D eigenvalue weighted by Crippen LogP contribution is -2.22. The van der Waals surface area contributed by atoms with Crippen LogP contribution in [-0.2, 0) is 6.54 Å². The highest BCUT2D eigenvalue weighted by molar-refractivity contribution is 5.33. The molecular weight excluding hydrogens is 202 g/mol. The summed E-state index contributed by atoms with van der Waals surface area (Å²) < 4.78 is 0. The predicted octanol–water partition coefficient (Wildman–Crippen LogP) is 0.912. The van der Waals surface area contributed by atoms with Crippen molar-refractivity contribution in [3.05, 3.63) is 17.6 Å². The first kappa shape index (κ1) is 11.3. The minimum Gasteiger partial charge on any atom is -0.308 e. The quantitative estimate of drug-likeness (QED) is 0.571. The van der Waals surface area contributed by atoms with Crippen LogP contribution in [0.4, 0.5) is 5.82 Å². The van der Waals surface area contributed by atoms with Crippen molar-refractivity contribution in [3.8, 4) is 0 Å². The molecule has 5 heteroatoms. The summed E-state index contributed by atoms with van der Waals surface area (Å²) in [6.45, 7) is 3.88. The molecule has 0 spiro atoms. The third-order valence-electron chi connectivity index (χ3n) is 2.73. The molecule has 0 aromatic carbocycles. The monoisotopic (exact) mass is 221 g/mol. The average molecular weight is 221 g/mol. The molecule has 1 aliphatic rings. The molecular formula is C11H19N5. The molecule has 1 heterocycles. The number of nitrogen functional groups attached to an aromatic ring is 1. The Bertz CT molecular complexity index is 361. The van der Waals surface area contributed by atoms with Gasteiger partial charge in [0, 0.05) is 18.3 Å². The Hall–Kier alpha value is -1.20. The summed E-state index contributed by atoms with van der Waals surface area (Å²) >= 11 is 0. The Morgan fingerprint density at radius 1 is 1.50 bits per heavy atom. The van der Waals surface area contributed by atoms with Crippen LogP contribution >= 0.6 is 0 Å². The fourth-order valence-electron chi connectivity index (χ4n) is 1.82. The third kappa shape index (κ3) is 3.15. The van der Waals surface area contributed by atoms with Gasteiger partial charge in [0.05, 0.1) is 6.54 Å². The molecule has 0 aliphatic heterocycles. The summed E-state index contributed by atoms with van der Waals surface area (Å²) in [6, 6.07) is 1.84. The molecule has 88 valence electrons. The number of anilines is 1. The number of hydrogen-bond donors (Lipinski definition) is 2. The molecule has 0 saturated heterocycles. The van der Waals surface area contributed by atoms with Crippen LogP contribution in [0.5, 0.6) is 0 Å². The van der Waals surface area contributed by atoms with Crippen LogP contribution in [0.15, 0.2) is 6.07 Å². The standard InChI is InChI=1S/C11H19N5/c1-8-5-10(15-12)14-11(13-8)7-16(2)6-9-3-4-9/h5,9H,3-4,6-7,12H2,1-2H3,(H,13,14,15). The average Bonchev–Trinajstić information content (AvgIpc) is 3.00. The van der Waals surface area contributed by atoms with Crippen molar-refractivity contribution < 1.29 is 0 Å². The Morgan fingerprint density at radius 3 is 2.88 bits per heavy atom. The van der Waals surface area contributed by atoms with E-state index in [1.165, 1.54) is 12.8 Å². The smallest absolute Gasteiger partial charge is 0.144 e. The lowest BCUT2D eigenvalue weighted by molar-refractivity contribution is 0.305. The Labute approximate surface area is 96.0 Å². The lowest BCUT2D eigenvalue weighted by Gasteiger charge is -2.15. The fraction of sp³-hybridized carbons (Fsp3) is 0.636. The number of nitrogens with zero attached hydrogens (tertiary/aromatic N) is 3. The first-order valence-electron chi connectivity index (χ1n) is 5.67. The molecule has 0 amide bonds. The van der Waals surface area contributed by atoms with Crippen molar-refractivity contribution in [2.24, 2.45) is 11.8 Å². The first-order valence-corrected chi connectivity index (χ1v) is 5.67. The molecule has 1 aliphatic carbocycles. The maximum absolute atomic E-state index is 5.36. The van der Waals surface area contributed by atoms with Gasteiger partial charge in [-0.2, -0.15) is 0 Å². The van der Waals surface area contributed by atoms with Gasteiger partial charge in [0.25, 0.3) is 0 Å². The van der Waals surface area contributed by atoms with Gasteiger partial charge in [-0.1, -0.05) is 0 Å². The van der Waals surface area contributed by atoms with Crippen LogP contribution in [-0.4, -0.2) is 28.5 Å². The normalized spacial score (nSPS) is 15.5. The zero-order valence-electron chi connectivity index (χ0n) is 9.90. The van der Waals surface area contributed by atoms with E-state index in [0.29, 0.717) is 5.82 Å². The number of rotatable bonds is 5. The Balaban J connectivity index is 1.98. The lowest BCUT2D eigenvalue weighted by atomic mass is 10.3. The molecule has 1 fully saturated rings. The van der Waals surface area contributed by atoms with E-state index in [9.17, 15) is 0 Å². The largest absolute Gasteiger partial charge is 0.308 e. The molecule has 1 saturated carbocycles. The highest BCUT2D eigenvalue weighted by atomic mass is 15.3. The van der Waals surface area contributed by atoms with Crippen molar-refractivity contribution in [1.29, 1.82) is 0 Å². The predicted molar refractivity (Wildman–Crippen MR) is 63.6 cm³/mol. The van der Waals surface area contributed by atoms with Crippen molar-refractivity contribution in [3.63, 3.8) is 0 Å². The van der Waals surface area contributed by atoms with Gasteiger partial charge >= 0.3 is 0 Å². The van der Waals surface area contributed by atoms with Gasteiger partial charge in [-0.15, -0.1) is 0 Å². The highest BCUT2D eigenvalue weighted by Gasteiger charge is 2.23. The summed E-state index contributed by atoms with van der Waals surface area (Å²) in [7, 11) is 2.11. The van der Waals surface area contributed by atoms with Crippen LogP contribution in [0.2, 0.25) is 0 Å². The van der Waals surface area contributed by atoms with Crippen molar-refractivity contribution >= 4 is 5.82 Å². The second-order valence-corrected chi connectivity index (χ2v) is 4.60. The molecule has 1 aromatic heterocycles. The molecule has 1 aromatic rings. The minimum atomic E-state index is 0.683. The van der Waals surface area contributed by atoms with Crippen LogP contribution in [0.25, 0.3) is 0 Å². The molecule has 0 unspecified atom stereocenters. The van der Waals surface area contributed by atoms with Crippen LogP contribution < -0.4 is 11.3 Å². The first-order chi connectivity index (χ1) is 7.67. The molecule has 5 nitrogen and oxygen atoms in total. The molecule has 3 N–H and O–H groups in total. The van der Waals surface area contributed by atoms with E-state index in [1.54, 1.807) is 0 Å². The van der Waals surface area contributed by atoms with Crippen molar-refractivity contribution in [1.82, 2.24) is 14.9 Å². The van der Waals surface area contributed by atoms with Gasteiger partial charge in [-0.05, 0) is 32.7 Å². The van der Waals surface area contributed by atoms with Crippen molar-refractivity contribution in [2.45, 2.75) is 26.3 Å². The zero-order chi connectivity index (χ0) is 11.5. The summed E-state index contributed by atoms with van der Waals surface area (Å²) in [4.78, 5) is 11.0. The number of hydrazine groups is 1. The number of hydrogen-bond acceptors (Lipinski definition) is 5. The summed E-state index contributed by atoms with van der Waals surface area (Å²) in [5, 5.41) is 0. The summed E-state index contributed by atoms with van der Waals surface area (Å²) in [6.07, 6.45) is 2.74. The van der Waals surface area contributed by atoms with Gasteiger partial charge in [0.1, 0.15) is 11.6 Å². The van der Waals surface area contributed by atoms with E-state index in [4.69, 9.17) is 5.84 Å². The van der Waals surface area contributed by atoms with E-state index in [1.807, 2.05) is 13.0 Å². The summed E-state index contributed by atoms with van der Waals surface area (Å²) in [5.41, 5.74) is 3.51. The SMILES string of the molecule is Cc1cc(NN)nc(CN(C)CC2CC2)n1. The van der Waals surface area contributed by atoms with E-state index in [0.717, 1.165) is 30.5 Å². The molecule has 0 atom stereocenters. The number of nitrogens with two attached hydrogens (primary N) is 1. The van der Waals surface area contributed by atoms with E-state index >= 15 is 0 Å². The zero-order valence-corrected chi connectivity index (χ0v) is 9.90. The molecule has 16 heavy (non-hydrogen) atoms. The number of aromatic nitrogens is 2. The van der Waals surface area contributed by atoms with Gasteiger partial charge in [-0.25, -0.2) is 15.8 Å². The number of aryl methyl sites for hydroxylation is 1. The third-order valence-corrected chi connectivity index (χ3v) is 2.73. The fourth-order valence-corrected chi connectivity index (χ4v) is 1.82. The summed E-state index contributed by atoms with van der Waals surface area (Å²) in [5.74, 6) is 7.76. The Kier molecular flexibility index (Phi) is 3.36. The maximum Gasteiger partial charge on any atom is 0.144 e. The van der Waals surface area contributed by atoms with Crippen LogP contribution in [0.3, 0.4) is 0 Å². The number of nitrogens with one attached hydrogen (secondary N) is 1. The van der Waals surface area contributed by atoms with Gasteiger partial charge in [-0.3, -0.25) is 4.90 Å². The van der Waals surface area contributed by atoms with Gasteiger partial charge in [0.15, 0.2) is 0 Å². The minimum absolute atomic E-state index is 0.683. The topological polar surface area (TPSA) is 67.1 Å². The van der Waals surface area contributed by atoms with Gasteiger partial charge < -0.3 is 5.43 Å². The maximum atomic E-state index is 5.36. The van der Waals surface area contributed by atoms with Crippen LogP contribution in [0.1, 0.15) is 24.4 Å². The van der Waals surface area contributed by atoms with E-state index in [-0.39, 0.29) is 0 Å². The van der Waals surface area contributed by atoms with Crippen molar-refractivity contribution in [2.75, 3.05) is 19.0 Å². The van der Waals surface area contributed by atoms with Crippen LogP contribution in [0, 0.1) is 12.8 Å². The van der Waals surface area contributed by atoms with Gasteiger partial charge in [0.2, 0.25) is 0 Å². The highest BCUT2D eigenvalue weighted by Crippen LogP contribution is 2.29. The Morgan fingerprint density at radius 2 is 2.25 bits per heavy atom. The second-order valence-electron chi connectivity index (χ2n) is 4.60. The molecule has 0 bridgehead atoms. The molecule has 0 radical (unpaired) electrons.